The molecule has 2 rings (SSSR count). The number of amides is 2. The van der Waals surface area contributed by atoms with Gasteiger partial charge in [0.05, 0.1) is 25.9 Å². The molecule has 2 amide bonds. The number of carbonyl (C=O) groups excluding carboxylic acids is 2. The third kappa shape index (κ3) is 7.79. The van der Waals surface area contributed by atoms with Crippen molar-refractivity contribution in [3.8, 4) is 11.5 Å². The highest BCUT2D eigenvalue weighted by atomic mass is 19.1. The Bertz CT molecular complexity index is 844. The Kier molecular flexibility index (Phi) is 8.42. The highest BCUT2D eigenvalue weighted by Crippen LogP contribution is 2.24. The number of hydrogen-bond acceptors (Lipinski definition) is 5. The largest absolute Gasteiger partial charge is 0.495 e. The number of carbonyl (C=O) groups is 2. The summed E-state index contributed by atoms with van der Waals surface area (Å²) in [6.45, 7) is 2.64. The standard InChI is InChI=1S/C21H26FN3O4/c1-15-7-8-19(28-3)18(11-15)24-20(26)13-23-21(27)14-25(2)9-10-29-17-6-4-5-16(22)12-17/h4-8,11-12H,9-10,13-14H2,1-3H3,(H,23,27)(H,24,26). The number of likely N-dealkylation sites (N-methyl/N-ethyl adjacent to an activating group) is 1. The van der Waals surface area contributed by atoms with E-state index in [2.05, 4.69) is 10.6 Å². The number of halogens is 1. The Hall–Kier alpha value is -3.13. The summed E-state index contributed by atoms with van der Waals surface area (Å²) in [5.74, 6) is -0.0137. The predicted octanol–water partition coefficient (Wildman–Crippen LogP) is 2.21. The summed E-state index contributed by atoms with van der Waals surface area (Å²) in [7, 11) is 3.28. The summed E-state index contributed by atoms with van der Waals surface area (Å²) in [6, 6.07) is 11.3. The molecule has 0 saturated heterocycles. The van der Waals surface area contributed by atoms with E-state index < -0.39 is 0 Å². The summed E-state index contributed by atoms with van der Waals surface area (Å²) < 4.78 is 23.8. The van der Waals surface area contributed by atoms with Crippen molar-refractivity contribution in [2.45, 2.75) is 6.92 Å². The molecule has 0 radical (unpaired) electrons. The maximum absolute atomic E-state index is 13.1. The van der Waals surface area contributed by atoms with Crippen LogP contribution < -0.4 is 20.1 Å². The molecule has 0 spiro atoms. The van der Waals surface area contributed by atoms with Crippen LogP contribution in [-0.4, -0.2) is 57.1 Å². The van der Waals surface area contributed by atoms with Gasteiger partial charge in [-0.05, 0) is 43.8 Å². The monoisotopic (exact) mass is 403 g/mol. The number of anilines is 1. The van der Waals surface area contributed by atoms with Gasteiger partial charge in [0.1, 0.15) is 23.9 Å². The van der Waals surface area contributed by atoms with Crippen molar-refractivity contribution in [3.05, 3.63) is 53.8 Å². The van der Waals surface area contributed by atoms with Crippen molar-refractivity contribution in [1.29, 1.82) is 0 Å². The molecule has 8 heteroatoms. The van der Waals surface area contributed by atoms with E-state index in [4.69, 9.17) is 9.47 Å². The predicted molar refractivity (Wildman–Crippen MR) is 109 cm³/mol. The molecule has 0 aliphatic carbocycles. The smallest absolute Gasteiger partial charge is 0.243 e. The molecule has 7 nitrogen and oxygen atoms in total. The molecule has 0 saturated carbocycles. The summed E-state index contributed by atoms with van der Waals surface area (Å²) in [4.78, 5) is 25.9. The number of benzene rings is 2. The van der Waals surface area contributed by atoms with Crippen LogP contribution in [0, 0.1) is 12.7 Å². The Morgan fingerprint density at radius 1 is 1.14 bits per heavy atom. The molecule has 0 aliphatic heterocycles. The van der Waals surface area contributed by atoms with Gasteiger partial charge in [-0.25, -0.2) is 4.39 Å². The van der Waals surface area contributed by atoms with E-state index in [1.165, 1.54) is 19.2 Å². The van der Waals surface area contributed by atoms with Crippen molar-refractivity contribution in [2.75, 3.05) is 45.7 Å². The lowest BCUT2D eigenvalue weighted by atomic mass is 10.2. The Morgan fingerprint density at radius 2 is 1.93 bits per heavy atom. The van der Waals surface area contributed by atoms with Crippen LogP contribution in [0.5, 0.6) is 11.5 Å². The van der Waals surface area contributed by atoms with E-state index >= 15 is 0 Å². The molecule has 2 aromatic rings. The minimum Gasteiger partial charge on any atom is -0.495 e. The fourth-order valence-corrected chi connectivity index (χ4v) is 2.55. The third-order valence-corrected chi connectivity index (χ3v) is 4.03. The molecule has 0 heterocycles. The third-order valence-electron chi connectivity index (χ3n) is 4.03. The van der Waals surface area contributed by atoms with Crippen LogP contribution in [0.4, 0.5) is 10.1 Å². The van der Waals surface area contributed by atoms with Gasteiger partial charge >= 0.3 is 0 Å². The highest BCUT2D eigenvalue weighted by Gasteiger charge is 2.11. The number of nitrogens with one attached hydrogen (secondary N) is 2. The molecule has 156 valence electrons. The Morgan fingerprint density at radius 3 is 2.66 bits per heavy atom. The minimum atomic E-state index is -0.364. The summed E-state index contributed by atoms with van der Waals surface area (Å²) in [5, 5.41) is 5.30. The first-order valence-electron chi connectivity index (χ1n) is 9.15. The van der Waals surface area contributed by atoms with Crippen molar-refractivity contribution in [3.63, 3.8) is 0 Å². The number of rotatable bonds is 10. The lowest BCUT2D eigenvalue weighted by Crippen LogP contribution is -2.40. The summed E-state index contributed by atoms with van der Waals surface area (Å²) in [5.41, 5.74) is 1.53. The molecule has 0 aliphatic rings. The second-order valence-electron chi connectivity index (χ2n) is 6.57. The minimum absolute atomic E-state index is 0.105. The molecule has 2 N–H and O–H groups in total. The van der Waals surface area contributed by atoms with Crippen molar-refractivity contribution >= 4 is 17.5 Å². The molecule has 2 aromatic carbocycles. The first kappa shape index (κ1) is 22.2. The first-order chi connectivity index (χ1) is 13.9. The number of ether oxygens (including phenoxy) is 2. The molecule has 0 bridgehead atoms. The zero-order chi connectivity index (χ0) is 21.2. The average molecular weight is 403 g/mol. The van der Waals surface area contributed by atoms with Gasteiger partial charge < -0.3 is 20.1 Å². The van der Waals surface area contributed by atoms with E-state index in [0.29, 0.717) is 30.3 Å². The maximum atomic E-state index is 13.1. The van der Waals surface area contributed by atoms with Crippen LogP contribution in [0.3, 0.4) is 0 Å². The van der Waals surface area contributed by atoms with Gasteiger partial charge in [-0.2, -0.15) is 0 Å². The van der Waals surface area contributed by atoms with E-state index in [-0.39, 0.29) is 30.7 Å². The zero-order valence-electron chi connectivity index (χ0n) is 16.8. The Labute approximate surface area is 169 Å². The topological polar surface area (TPSA) is 79.9 Å². The van der Waals surface area contributed by atoms with Crippen LogP contribution in [-0.2, 0) is 9.59 Å². The van der Waals surface area contributed by atoms with Crippen LogP contribution in [0.25, 0.3) is 0 Å². The highest BCUT2D eigenvalue weighted by molar-refractivity contribution is 5.96. The molecular weight excluding hydrogens is 377 g/mol. The number of hydrogen-bond donors (Lipinski definition) is 2. The molecule has 0 unspecified atom stereocenters. The van der Waals surface area contributed by atoms with E-state index in [9.17, 15) is 14.0 Å². The number of nitrogens with zero attached hydrogens (tertiary/aromatic N) is 1. The van der Waals surface area contributed by atoms with Crippen LogP contribution in [0.2, 0.25) is 0 Å². The van der Waals surface area contributed by atoms with Gasteiger partial charge in [0.2, 0.25) is 11.8 Å². The maximum Gasteiger partial charge on any atom is 0.243 e. The van der Waals surface area contributed by atoms with Crippen LogP contribution in [0.1, 0.15) is 5.56 Å². The average Bonchev–Trinajstić information content (AvgIpc) is 2.66. The van der Waals surface area contributed by atoms with Crippen molar-refractivity contribution in [1.82, 2.24) is 10.2 Å². The molecule has 0 aromatic heterocycles. The van der Waals surface area contributed by atoms with Crippen molar-refractivity contribution in [2.24, 2.45) is 0 Å². The van der Waals surface area contributed by atoms with Crippen molar-refractivity contribution < 1.29 is 23.5 Å². The van der Waals surface area contributed by atoms with Gasteiger partial charge in [0.15, 0.2) is 0 Å². The van der Waals surface area contributed by atoms with E-state index in [1.54, 1.807) is 36.2 Å². The van der Waals surface area contributed by atoms with Gasteiger partial charge in [-0.3, -0.25) is 14.5 Å². The summed E-state index contributed by atoms with van der Waals surface area (Å²) >= 11 is 0. The van der Waals surface area contributed by atoms with E-state index in [0.717, 1.165) is 5.56 Å². The SMILES string of the molecule is COc1ccc(C)cc1NC(=O)CNC(=O)CN(C)CCOc1cccc(F)c1. The lowest BCUT2D eigenvalue weighted by molar-refractivity contribution is -0.124. The molecule has 0 fully saturated rings. The second kappa shape index (κ2) is 11.0. The zero-order valence-corrected chi connectivity index (χ0v) is 16.8. The second-order valence-corrected chi connectivity index (χ2v) is 6.57. The van der Waals surface area contributed by atoms with E-state index in [1.807, 2.05) is 13.0 Å². The van der Waals surface area contributed by atoms with Crippen LogP contribution >= 0.6 is 0 Å². The number of methoxy groups -OCH3 is 1. The van der Waals surface area contributed by atoms with Gasteiger partial charge in [0.25, 0.3) is 0 Å². The molecular formula is C21H26FN3O4. The fourth-order valence-electron chi connectivity index (χ4n) is 2.55. The van der Waals surface area contributed by atoms with Crippen LogP contribution in [0.15, 0.2) is 42.5 Å². The van der Waals surface area contributed by atoms with Gasteiger partial charge in [-0.15, -0.1) is 0 Å². The van der Waals surface area contributed by atoms with Gasteiger partial charge in [0, 0.05) is 12.6 Å². The fraction of sp³-hybridized carbons (Fsp3) is 0.333. The quantitative estimate of drug-likeness (QED) is 0.636. The normalized spacial score (nSPS) is 10.5. The summed E-state index contributed by atoms with van der Waals surface area (Å²) in [6.07, 6.45) is 0. The Balaban J connectivity index is 1.69. The molecule has 29 heavy (non-hydrogen) atoms. The first-order valence-corrected chi connectivity index (χ1v) is 9.15. The molecule has 0 atom stereocenters. The number of aryl methyl sites for hydroxylation is 1. The van der Waals surface area contributed by atoms with Gasteiger partial charge in [-0.1, -0.05) is 12.1 Å². The lowest BCUT2D eigenvalue weighted by Gasteiger charge is -2.17.